The smallest absolute Gasteiger partial charge is 0.309 e. The summed E-state index contributed by atoms with van der Waals surface area (Å²) in [6.07, 6.45) is 0.474. The summed E-state index contributed by atoms with van der Waals surface area (Å²) in [6, 6.07) is -2.35. The van der Waals surface area contributed by atoms with E-state index in [1.54, 1.807) is 6.92 Å². The van der Waals surface area contributed by atoms with Crippen molar-refractivity contribution >= 4 is 11.9 Å². The largest absolute Gasteiger partial charge is 0.466 e. The molecule has 0 aromatic rings. The van der Waals surface area contributed by atoms with Gasteiger partial charge in [0.15, 0.2) is 0 Å². The van der Waals surface area contributed by atoms with Gasteiger partial charge in [0.05, 0.1) is 42.9 Å². The first-order chi connectivity index (χ1) is 12.9. The second kappa shape index (κ2) is 11.3. The highest BCUT2D eigenvalue weighted by Gasteiger charge is 2.49. The molecule has 1 aliphatic rings. The first-order valence-corrected chi connectivity index (χ1v) is 9.10. The third-order valence-corrected chi connectivity index (χ3v) is 4.62. The van der Waals surface area contributed by atoms with E-state index in [1.807, 2.05) is 13.8 Å². The van der Waals surface area contributed by atoms with Crippen molar-refractivity contribution < 1.29 is 19.1 Å². The van der Waals surface area contributed by atoms with Gasteiger partial charge in [-0.05, 0) is 37.2 Å². The number of carbonyl (C=O) groups excluding carboxylic acids is 2. The average molecular weight is 381 g/mol. The Morgan fingerprint density at radius 1 is 1.19 bits per heavy atom. The molecule has 0 spiro atoms. The summed E-state index contributed by atoms with van der Waals surface area (Å²) in [6.45, 7) is 7.06. The van der Waals surface area contributed by atoms with Crippen molar-refractivity contribution in [2.45, 2.75) is 77.3 Å². The molecule has 1 aliphatic carbocycles. The lowest BCUT2D eigenvalue weighted by molar-refractivity contribution is -0.155. The maximum absolute atomic E-state index is 12.4. The highest BCUT2D eigenvalue weighted by Crippen LogP contribution is 2.34. The Morgan fingerprint density at radius 3 is 2.30 bits per heavy atom. The van der Waals surface area contributed by atoms with Crippen molar-refractivity contribution in [2.24, 2.45) is 16.1 Å². The lowest BCUT2D eigenvalue weighted by Crippen LogP contribution is -2.62. The molecule has 0 bridgehead atoms. The van der Waals surface area contributed by atoms with Crippen molar-refractivity contribution in [1.82, 2.24) is 5.32 Å². The predicted octanol–water partition coefficient (Wildman–Crippen LogP) is 3.01. The number of nitrogens with zero attached hydrogens (tertiary/aromatic N) is 6. The second-order valence-electron chi connectivity index (χ2n) is 6.33. The predicted molar refractivity (Wildman–Crippen MR) is 97.5 cm³/mol. The molecule has 27 heavy (non-hydrogen) atoms. The molecule has 1 N–H and O–H groups in total. The molecule has 11 heteroatoms. The van der Waals surface area contributed by atoms with Gasteiger partial charge >= 0.3 is 5.97 Å². The van der Waals surface area contributed by atoms with Crippen LogP contribution in [0, 0.1) is 5.92 Å². The fourth-order valence-corrected chi connectivity index (χ4v) is 3.36. The van der Waals surface area contributed by atoms with Gasteiger partial charge in [0.1, 0.15) is 0 Å². The summed E-state index contributed by atoms with van der Waals surface area (Å²) < 4.78 is 11.2. The number of rotatable bonds is 9. The number of esters is 1. The molecule has 1 saturated carbocycles. The summed E-state index contributed by atoms with van der Waals surface area (Å²) in [5.74, 6) is -1.72. The van der Waals surface area contributed by atoms with E-state index in [2.05, 4.69) is 25.4 Å². The quantitative estimate of drug-likeness (QED) is 0.281. The van der Waals surface area contributed by atoms with Crippen LogP contribution in [0.4, 0.5) is 0 Å². The molecule has 1 amide bonds. The maximum Gasteiger partial charge on any atom is 0.309 e. The Bertz CT molecular complexity index is 612. The van der Waals surface area contributed by atoms with Gasteiger partial charge in [-0.15, -0.1) is 0 Å². The molecule has 0 radical (unpaired) electrons. The average Bonchev–Trinajstić information content (AvgIpc) is 2.63. The van der Waals surface area contributed by atoms with Gasteiger partial charge < -0.3 is 14.8 Å². The molecule has 1 rings (SSSR count). The zero-order valence-electron chi connectivity index (χ0n) is 16.1. The minimum Gasteiger partial charge on any atom is -0.466 e. The van der Waals surface area contributed by atoms with E-state index in [-0.39, 0.29) is 25.0 Å². The third-order valence-electron chi connectivity index (χ3n) is 4.62. The molecule has 150 valence electrons. The summed E-state index contributed by atoms with van der Waals surface area (Å²) in [5.41, 5.74) is 18.0. The van der Waals surface area contributed by atoms with Crippen LogP contribution in [-0.4, -0.2) is 48.8 Å². The number of carbonyl (C=O) groups is 2. The summed E-state index contributed by atoms with van der Waals surface area (Å²) in [4.78, 5) is 29.9. The topological polar surface area (TPSA) is 162 Å². The van der Waals surface area contributed by atoms with Gasteiger partial charge in [0, 0.05) is 16.7 Å². The molecule has 0 saturated heterocycles. The number of ether oxygens (including phenoxy) is 2. The Kier molecular flexibility index (Phi) is 9.42. The Hall–Kier alpha value is -2.48. The van der Waals surface area contributed by atoms with E-state index in [1.165, 1.54) is 6.92 Å². The van der Waals surface area contributed by atoms with Crippen molar-refractivity contribution in [1.29, 1.82) is 0 Å². The van der Waals surface area contributed by atoms with Crippen LogP contribution < -0.4 is 5.32 Å². The molecule has 0 aromatic heterocycles. The van der Waals surface area contributed by atoms with Crippen LogP contribution in [0.2, 0.25) is 0 Å². The zero-order valence-corrected chi connectivity index (χ0v) is 16.1. The first-order valence-electron chi connectivity index (χ1n) is 9.10. The number of azide groups is 2. The fraction of sp³-hybridized carbons (Fsp3) is 0.875. The Morgan fingerprint density at radius 2 is 1.81 bits per heavy atom. The fourth-order valence-electron chi connectivity index (χ4n) is 3.36. The minimum atomic E-state index is -0.892. The summed E-state index contributed by atoms with van der Waals surface area (Å²) in [7, 11) is 0. The van der Waals surface area contributed by atoms with Gasteiger partial charge in [0.2, 0.25) is 5.91 Å². The lowest BCUT2D eigenvalue weighted by atomic mass is 9.76. The van der Waals surface area contributed by atoms with Crippen molar-refractivity contribution in [3.05, 3.63) is 20.9 Å². The lowest BCUT2D eigenvalue weighted by Gasteiger charge is -2.44. The first kappa shape index (κ1) is 22.6. The van der Waals surface area contributed by atoms with Crippen LogP contribution in [0.5, 0.6) is 0 Å². The van der Waals surface area contributed by atoms with Crippen LogP contribution >= 0.6 is 0 Å². The third kappa shape index (κ3) is 6.02. The zero-order chi connectivity index (χ0) is 20.4. The maximum atomic E-state index is 12.4. The SMILES string of the molecule is CCOC(=O)C1C[C@H](N=[N+]=[N-])[C@@H](NC(C)=O)[C@H](OC(CC)CC)C1N=[N+]=[N-]. The second-order valence-corrected chi connectivity index (χ2v) is 6.33. The van der Waals surface area contributed by atoms with Crippen LogP contribution in [0.25, 0.3) is 20.9 Å². The molecule has 0 aliphatic heterocycles. The number of nitrogens with one attached hydrogen (secondary N) is 1. The monoisotopic (exact) mass is 381 g/mol. The highest BCUT2D eigenvalue weighted by molar-refractivity contribution is 5.75. The minimum absolute atomic E-state index is 0.0836. The normalized spacial score (nSPS) is 27.2. The van der Waals surface area contributed by atoms with Gasteiger partial charge in [-0.2, -0.15) is 0 Å². The van der Waals surface area contributed by atoms with E-state index in [9.17, 15) is 9.59 Å². The number of hydrogen-bond donors (Lipinski definition) is 1. The Labute approximate surface area is 158 Å². The molecule has 0 aromatic carbocycles. The molecule has 5 atom stereocenters. The molecule has 0 heterocycles. The van der Waals surface area contributed by atoms with E-state index < -0.39 is 36.1 Å². The van der Waals surface area contributed by atoms with Gasteiger partial charge in [-0.3, -0.25) is 9.59 Å². The molecular formula is C16H27N7O4. The summed E-state index contributed by atoms with van der Waals surface area (Å²) in [5, 5.41) is 10.3. The van der Waals surface area contributed by atoms with Gasteiger partial charge in [-0.1, -0.05) is 24.1 Å². The van der Waals surface area contributed by atoms with Crippen LogP contribution in [0.1, 0.15) is 47.0 Å². The van der Waals surface area contributed by atoms with Gasteiger partial charge in [-0.25, -0.2) is 0 Å². The highest BCUT2D eigenvalue weighted by atomic mass is 16.5. The molecular weight excluding hydrogens is 354 g/mol. The summed E-state index contributed by atoms with van der Waals surface area (Å²) >= 11 is 0. The van der Waals surface area contributed by atoms with Crippen molar-refractivity contribution in [2.75, 3.05) is 6.61 Å². The van der Waals surface area contributed by atoms with E-state index >= 15 is 0 Å². The molecule has 1 fully saturated rings. The van der Waals surface area contributed by atoms with E-state index in [0.717, 1.165) is 0 Å². The number of hydrogen-bond acceptors (Lipinski definition) is 6. The van der Waals surface area contributed by atoms with E-state index in [0.29, 0.717) is 12.8 Å². The van der Waals surface area contributed by atoms with Crippen LogP contribution in [0.3, 0.4) is 0 Å². The van der Waals surface area contributed by atoms with E-state index in [4.69, 9.17) is 20.5 Å². The number of amides is 1. The van der Waals surface area contributed by atoms with Crippen molar-refractivity contribution in [3.63, 3.8) is 0 Å². The standard InChI is InChI=1S/C16H27N7O4/c1-5-10(6-2)27-15-13(21-23-18)11(16(25)26-7-3)8-12(20-22-17)14(15)19-9(4)24/h10-15H,5-8H2,1-4H3,(H,19,24)/t11?,12-,13?,14+,15+/m0/s1. The van der Waals surface area contributed by atoms with Crippen LogP contribution in [0.15, 0.2) is 10.2 Å². The molecule has 11 nitrogen and oxygen atoms in total. The Balaban J connectivity index is 3.40. The van der Waals surface area contributed by atoms with Crippen molar-refractivity contribution in [3.8, 4) is 0 Å². The van der Waals surface area contributed by atoms with Crippen LogP contribution in [-0.2, 0) is 19.1 Å². The molecule has 2 unspecified atom stereocenters. The van der Waals surface area contributed by atoms with Gasteiger partial charge in [0.25, 0.3) is 0 Å².